The molecule has 0 aromatic heterocycles. The smallest absolute Gasteiger partial charge is 0.126 e. The van der Waals surface area contributed by atoms with Crippen LogP contribution >= 0.6 is 0 Å². The van der Waals surface area contributed by atoms with Crippen molar-refractivity contribution in [1.82, 2.24) is 5.32 Å². The number of rotatable bonds is 3. The lowest BCUT2D eigenvalue weighted by Gasteiger charge is -2.21. The van der Waals surface area contributed by atoms with Crippen LogP contribution < -0.4 is 5.32 Å². The molecule has 1 aliphatic rings. The number of phenols is 1. The van der Waals surface area contributed by atoms with Crippen LogP contribution in [0, 0.1) is 5.82 Å². The average Bonchev–Trinajstić information content (AvgIpc) is 2.82. The molecule has 2 atom stereocenters. The Labute approximate surface area is 118 Å². The molecule has 2 aromatic carbocycles. The summed E-state index contributed by atoms with van der Waals surface area (Å²) in [6.07, 6.45) is 2.14. The van der Waals surface area contributed by atoms with Crippen LogP contribution in [0.25, 0.3) is 0 Å². The summed E-state index contributed by atoms with van der Waals surface area (Å²) in [6, 6.07) is 12.9. The SMILES string of the molecule is CC(NC1CCc2ccccc21)c1ccc(F)cc1O. The first-order valence-corrected chi connectivity index (χ1v) is 6.97. The van der Waals surface area contributed by atoms with Gasteiger partial charge in [0.25, 0.3) is 0 Å². The van der Waals surface area contributed by atoms with E-state index in [1.165, 1.54) is 17.2 Å². The van der Waals surface area contributed by atoms with E-state index in [2.05, 4.69) is 29.6 Å². The summed E-state index contributed by atoms with van der Waals surface area (Å²) >= 11 is 0. The Kier molecular flexibility index (Phi) is 3.45. The lowest BCUT2D eigenvalue weighted by Crippen LogP contribution is -2.23. The van der Waals surface area contributed by atoms with Crippen molar-refractivity contribution in [2.45, 2.75) is 31.8 Å². The minimum Gasteiger partial charge on any atom is -0.508 e. The highest BCUT2D eigenvalue weighted by molar-refractivity contribution is 5.37. The van der Waals surface area contributed by atoms with E-state index in [0.717, 1.165) is 24.5 Å². The molecule has 0 fully saturated rings. The first kappa shape index (κ1) is 13.1. The van der Waals surface area contributed by atoms with Crippen molar-refractivity contribution < 1.29 is 9.50 Å². The molecule has 0 aliphatic heterocycles. The normalized spacial score (nSPS) is 18.8. The van der Waals surface area contributed by atoms with Crippen LogP contribution in [0.15, 0.2) is 42.5 Å². The van der Waals surface area contributed by atoms with Crippen molar-refractivity contribution in [2.75, 3.05) is 0 Å². The molecule has 2 aromatic rings. The first-order chi connectivity index (χ1) is 9.65. The minimum atomic E-state index is -0.412. The number of benzene rings is 2. The van der Waals surface area contributed by atoms with Gasteiger partial charge in [0.15, 0.2) is 0 Å². The number of phenolic OH excluding ortho intramolecular Hbond substituents is 1. The first-order valence-electron chi connectivity index (χ1n) is 6.97. The number of aromatic hydroxyl groups is 1. The molecule has 0 saturated heterocycles. The van der Waals surface area contributed by atoms with E-state index in [-0.39, 0.29) is 11.8 Å². The second-order valence-corrected chi connectivity index (χ2v) is 5.38. The average molecular weight is 271 g/mol. The zero-order valence-corrected chi connectivity index (χ0v) is 11.4. The number of nitrogens with one attached hydrogen (secondary N) is 1. The molecule has 3 rings (SSSR count). The Bertz CT molecular complexity index is 626. The summed E-state index contributed by atoms with van der Waals surface area (Å²) in [4.78, 5) is 0. The largest absolute Gasteiger partial charge is 0.508 e. The second kappa shape index (κ2) is 5.25. The molecule has 0 amide bonds. The van der Waals surface area contributed by atoms with Gasteiger partial charge in [-0.25, -0.2) is 4.39 Å². The molecule has 0 radical (unpaired) electrons. The topological polar surface area (TPSA) is 32.3 Å². The summed E-state index contributed by atoms with van der Waals surface area (Å²) in [6.45, 7) is 1.99. The summed E-state index contributed by atoms with van der Waals surface area (Å²) in [5.74, 6) is -0.402. The van der Waals surface area contributed by atoms with Crippen LogP contribution in [-0.4, -0.2) is 5.11 Å². The third-order valence-electron chi connectivity index (χ3n) is 4.04. The Hall–Kier alpha value is -1.87. The lowest BCUT2D eigenvalue weighted by molar-refractivity contribution is 0.424. The molecule has 0 spiro atoms. The molecule has 2 N–H and O–H groups in total. The van der Waals surface area contributed by atoms with E-state index in [1.54, 1.807) is 6.07 Å². The van der Waals surface area contributed by atoms with Crippen molar-refractivity contribution in [3.05, 3.63) is 65.0 Å². The van der Waals surface area contributed by atoms with Gasteiger partial charge >= 0.3 is 0 Å². The molecule has 3 heteroatoms. The van der Waals surface area contributed by atoms with Gasteiger partial charge in [0, 0.05) is 23.7 Å². The van der Waals surface area contributed by atoms with Gasteiger partial charge in [-0.05, 0) is 37.0 Å². The number of fused-ring (bicyclic) bond motifs is 1. The molecule has 0 saturated carbocycles. The van der Waals surface area contributed by atoms with Crippen molar-refractivity contribution in [1.29, 1.82) is 0 Å². The number of halogens is 1. The Morgan fingerprint density at radius 1 is 1.25 bits per heavy atom. The predicted molar refractivity (Wildman–Crippen MR) is 77.1 cm³/mol. The van der Waals surface area contributed by atoms with Gasteiger partial charge in [-0.15, -0.1) is 0 Å². The standard InChI is InChI=1S/C17H18FNO/c1-11(14-8-7-13(18)10-17(14)20)19-16-9-6-12-4-2-3-5-15(12)16/h2-5,7-8,10-11,16,19-20H,6,9H2,1H3. The van der Waals surface area contributed by atoms with E-state index in [0.29, 0.717) is 6.04 Å². The zero-order valence-electron chi connectivity index (χ0n) is 11.4. The van der Waals surface area contributed by atoms with E-state index in [9.17, 15) is 9.50 Å². The maximum atomic E-state index is 13.0. The van der Waals surface area contributed by atoms with Crippen molar-refractivity contribution in [3.63, 3.8) is 0 Å². The van der Waals surface area contributed by atoms with Crippen molar-refractivity contribution in [2.24, 2.45) is 0 Å². The molecule has 104 valence electrons. The summed E-state index contributed by atoms with van der Waals surface area (Å²) < 4.78 is 13.0. The Morgan fingerprint density at radius 3 is 2.85 bits per heavy atom. The quantitative estimate of drug-likeness (QED) is 0.888. The van der Waals surface area contributed by atoms with Crippen LogP contribution in [0.1, 0.15) is 42.1 Å². The van der Waals surface area contributed by atoms with E-state index >= 15 is 0 Å². The maximum absolute atomic E-state index is 13.0. The number of aryl methyl sites for hydroxylation is 1. The van der Waals surface area contributed by atoms with Gasteiger partial charge in [0.05, 0.1) is 0 Å². The van der Waals surface area contributed by atoms with Crippen LogP contribution in [-0.2, 0) is 6.42 Å². The van der Waals surface area contributed by atoms with Gasteiger partial charge in [-0.2, -0.15) is 0 Å². The highest BCUT2D eigenvalue weighted by atomic mass is 19.1. The molecule has 2 unspecified atom stereocenters. The molecule has 0 heterocycles. The summed E-state index contributed by atoms with van der Waals surface area (Å²) in [7, 11) is 0. The fraction of sp³-hybridized carbons (Fsp3) is 0.294. The van der Waals surface area contributed by atoms with Crippen molar-refractivity contribution >= 4 is 0 Å². The van der Waals surface area contributed by atoms with Gasteiger partial charge in [0.1, 0.15) is 11.6 Å². The molecule has 20 heavy (non-hydrogen) atoms. The van der Waals surface area contributed by atoms with E-state index in [4.69, 9.17) is 0 Å². The molecular weight excluding hydrogens is 253 g/mol. The van der Waals surface area contributed by atoms with Gasteiger partial charge in [-0.1, -0.05) is 30.3 Å². The zero-order chi connectivity index (χ0) is 14.1. The number of hydrogen-bond acceptors (Lipinski definition) is 2. The van der Waals surface area contributed by atoms with Crippen LogP contribution in [0.5, 0.6) is 5.75 Å². The highest BCUT2D eigenvalue weighted by Gasteiger charge is 2.24. The Balaban J connectivity index is 1.79. The van der Waals surface area contributed by atoms with Gasteiger partial charge in [0.2, 0.25) is 0 Å². The molecule has 2 nitrogen and oxygen atoms in total. The second-order valence-electron chi connectivity index (χ2n) is 5.38. The lowest BCUT2D eigenvalue weighted by atomic mass is 10.0. The van der Waals surface area contributed by atoms with Crippen LogP contribution in [0.3, 0.4) is 0 Å². The molecule has 1 aliphatic carbocycles. The predicted octanol–water partition coefficient (Wildman–Crippen LogP) is 3.87. The van der Waals surface area contributed by atoms with E-state index < -0.39 is 5.82 Å². The van der Waals surface area contributed by atoms with Crippen LogP contribution in [0.4, 0.5) is 4.39 Å². The molecule has 0 bridgehead atoms. The number of hydrogen-bond donors (Lipinski definition) is 2. The van der Waals surface area contributed by atoms with Crippen molar-refractivity contribution in [3.8, 4) is 5.75 Å². The summed E-state index contributed by atoms with van der Waals surface area (Å²) in [5.41, 5.74) is 3.46. The van der Waals surface area contributed by atoms with Gasteiger partial charge in [-0.3, -0.25) is 0 Å². The summed E-state index contributed by atoms with van der Waals surface area (Å²) in [5, 5.41) is 13.4. The van der Waals surface area contributed by atoms with Crippen LogP contribution in [0.2, 0.25) is 0 Å². The highest BCUT2D eigenvalue weighted by Crippen LogP contribution is 2.34. The minimum absolute atomic E-state index is 0.0104. The fourth-order valence-electron chi connectivity index (χ4n) is 3.00. The maximum Gasteiger partial charge on any atom is 0.126 e. The monoisotopic (exact) mass is 271 g/mol. The third kappa shape index (κ3) is 2.41. The van der Waals surface area contributed by atoms with Gasteiger partial charge < -0.3 is 10.4 Å². The Morgan fingerprint density at radius 2 is 2.05 bits per heavy atom. The fourth-order valence-corrected chi connectivity index (χ4v) is 3.00. The van der Waals surface area contributed by atoms with E-state index in [1.807, 2.05) is 6.92 Å². The molecular formula is C17H18FNO. The third-order valence-corrected chi connectivity index (χ3v) is 4.04.